The van der Waals surface area contributed by atoms with Gasteiger partial charge in [-0.15, -0.1) is 0 Å². The van der Waals surface area contributed by atoms with Crippen molar-refractivity contribution in [3.63, 3.8) is 0 Å². The van der Waals surface area contributed by atoms with Crippen LogP contribution in [0.15, 0.2) is 0 Å². The summed E-state index contributed by atoms with van der Waals surface area (Å²) in [5.41, 5.74) is 0. The molecule has 0 saturated carbocycles. The van der Waals surface area contributed by atoms with E-state index in [1.54, 1.807) is 0 Å². The number of nitrogens with zero attached hydrogens (tertiary/aromatic N) is 1. The van der Waals surface area contributed by atoms with Crippen LogP contribution in [0.25, 0.3) is 0 Å². The molecular formula is C8H12IN3O3S2. The standard InChI is InChI=1S/C8H12IN3O3S2/c1-4(7(14)10-2)12-6(13)3-5(8(12)15)11-17-16-9/h4-5,11H,3H2,1-2H3,(H,10,14). The summed E-state index contributed by atoms with van der Waals surface area (Å²) in [7, 11) is 4.19. The molecule has 9 heteroatoms. The molecule has 1 saturated heterocycles. The number of likely N-dealkylation sites (tertiary alicyclic amines) is 1. The van der Waals surface area contributed by atoms with Crippen LogP contribution in [0.1, 0.15) is 13.3 Å². The normalized spacial score (nSPS) is 21.8. The predicted octanol–water partition coefficient (Wildman–Crippen LogP) is 0.484. The van der Waals surface area contributed by atoms with Crippen molar-refractivity contribution in [2.24, 2.45) is 0 Å². The fourth-order valence-electron chi connectivity index (χ4n) is 1.55. The van der Waals surface area contributed by atoms with Gasteiger partial charge in [-0.25, -0.2) is 4.72 Å². The fourth-order valence-corrected chi connectivity index (χ4v) is 3.28. The van der Waals surface area contributed by atoms with Crippen LogP contribution in [-0.4, -0.2) is 41.8 Å². The van der Waals surface area contributed by atoms with Crippen LogP contribution >= 0.6 is 40.2 Å². The Bertz CT molecular complexity index is 342. The molecule has 0 aromatic rings. The molecule has 0 radical (unpaired) electrons. The topological polar surface area (TPSA) is 78.5 Å². The van der Waals surface area contributed by atoms with E-state index in [0.717, 1.165) is 4.90 Å². The minimum atomic E-state index is -0.760. The van der Waals surface area contributed by atoms with Crippen LogP contribution in [0.2, 0.25) is 0 Å². The Morgan fingerprint density at radius 2 is 2.24 bits per heavy atom. The number of amides is 3. The Balaban J connectivity index is 2.71. The van der Waals surface area contributed by atoms with E-state index in [2.05, 4.69) is 31.2 Å². The lowest BCUT2D eigenvalue weighted by atomic mass is 10.2. The van der Waals surface area contributed by atoms with Crippen LogP contribution in [0.5, 0.6) is 0 Å². The Morgan fingerprint density at radius 3 is 2.76 bits per heavy atom. The number of carbonyl (C=O) groups excluding carboxylic acids is 3. The van der Waals surface area contributed by atoms with E-state index >= 15 is 0 Å². The van der Waals surface area contributed by atoms with Crippen molar-refractivity contribution in [1.29, 1.82) is 0 Å². The Kier molecular flexibility index (Phi) is 6.03. The first-order chi connectivity index (χ1) is 8.02. The molecule has 1 rings (SSSR count). The van der Waals surface area contributed by atoms with Gasteiger partial charge in [-0.1, -0.05) is 0 Å². The van der Waals surface area contributed by atoms with Crippen molar-refractivity contribution in [2.75, 3.05) is 7.05 Å². The van der Waals surface area contributed by atoms with Gasteiger partial charge >= 0.3 is 0 Å². The number of hydrogen-bond donors (Lipinski definition) is 2. The van der Waals surface area contributed by atoms with Gasteiger partial charge in [0.15, 0.2) is 0 Å². The van der Waals surface area contributed by atoms with E-state index in [4.69, 9.17) is 0 Å². The molecule has 1 aliphatic rings. The molecule has 0 aromatic carbocycles. The molecule has 0 aromatic heterocycles. The number of nitrogens with one attached hydrogen (secondary N) is 2. The third kappa shape index (κ3) is 3.48. The van der Waals surface area contributed by atoms with Crippen molar-refractivity contribution in [3.8, 4) is 0 Å². The predicted molar refractivity (Wildman–Crippen MR) is 76.1 cm³/mol. The summed E-state index contributed by atoms with van der Waals surface area (Å²) < 4.78 is 2.88. The maximum absolute atomic E-state index is 11.9. The van der Waals surface area contributed by atoms with E-state index in [-0.39, 0.29) is 24.1 Å². The Labute approximate surface area is 119 Å². The van der Waals surface area contributed by atoms with Crippen LogP contribution < -0.4 is 10.0 Å². The second-order valence-electron chi connectivity index (χ2n) is 3.41. The van der Waals surface area contributed by atoms with Crippen molar-refractivity contribution < 1.29 is 14.4 Å². The zero-order valence-electron chi connectivity index (χ0n) is 9.23. The molecule has 0 spiro atoms. The van der Waals surface area contributed by atoms with Gasteiger partial charge in [0.2, 0.25) is 17.7 Å². The largest absolute Gasteiger partial charge is 0.357 e. The van der Waals surface area contributed by atoms with E-state index < -0.39 is 12.1 Å². The molecule has 2 N–H and O–H groups in total. The summed E-state index contributed by atoms with van der Waals surface area (Å²) in [6, 6.07) is -1.30. The SMILES string of the molecule is CNC(=O)C(C)N1C(=O)CC(NSSI)C1=O. The van der Waals surface area contributed by atoms with E-state index in [0.29, 0.717) is 0 Å². The minimum absolute atomic E-state index is 0.102. The quantitative estimate of drug-likeness (QED) is 0.308. The Morgan fingerprint density at radius 1 is 1.59 bits per heavy atom. The molecule has 0 aliphatic carbocycles. The fraction of sp³-hybridized carbons (Fsp3) is 0.625. The van der Waals surface area contributed by atoms with Crippen LogP contribution in [0, 0.1) is 0 Å². The molecule has 3 amide bonds. The zero-order valence-corrected chi connectivity index (χ0v) is 13.0. The second-order valence-corrected chi connectivity index (χ2v) is 8.06. The first-order valence-corrected chi connectivity index (χ1v) is 9.49. The highest BCUT2D eigenvalue weighted by molar-refractivity contribution is 14.2. The number of halogens is 1. The summed E-state index contributed by atoms with van der Waals surface area (Å²) in [4.78, 5) is 36.1. The van der Waals surface area contributed by atoms with Crippen LogP contribution in [0.4, 0.5) is 0 Å². The lowest BCUT2D eigenvalue weighted by Crippen LogP contribution is -2.48. The average molecular weight is 389 g/mol. The van der Waals surface area contributed by atoms with Crippen LogP contribution in [0.3, 0.4) is 0 Å². The van der Waals surface area contributed by atoms with Gasteiger partial charge in [0.05, 0.1) is 6.42 Å². The maximum Gasteiger partial charge on any atom is 0.248 e. The highest BCUT2D eigenvalue weighted by atomic mass is 127. The molecule has 1 aliphatic heterocycles. The lowest BCUT2D eigenvalue weighted by Gasteiger charge is -2.21. The first-order valence-electron chi connectivity index (χ1n) is 4.80. The van der Waals surface area contributed by atoms with Gasteiger partial charge in [0.25, 0.3) is 0 Å². The van der Waals surface area contributed by atoms with Crippen LogP contribution in [-0.2, 0) is 14.4 Å². The molecule has 96 valence electrons. The molecule has 1 heterocycles. The lowest BCUT2D eigenvalue weighted by molar-refractivity contribution is -0.146. The van der Waals surface area contributed by atoms with Crippen molar-refractivity contribution in [3.05, 3.63) is 0 Å². The first kappa shape index (κ1) is 15.1. The third-order valence-electron chi connectivity index (χ3n) is 2.42. The molecule has 17 heavy (non-hydrogen) atoms. The summed E-state index contributed by atoms with van der Waals surface area (Å²) in [6.45, 7) is 1.54. The molecule has 0 bridgehead atoms. The highest BCUT2D eigenvalue weighted by Gasteiger charge is 2.42. The third-order valence-corrected chi connectivity index (χ3v) is 4.96. The minimum Gasteiger partial charge on any atom is -0.357 e. The zero-order chi connectivity index (χ0) is 13.0. The number of rotatable bonds is 5. The maximum atomic E-state index is 11.9. The number of imide groups is 1. The van der Waals surface area contributed by atoms with Crippen molar-refractivity contribution in [2.45, 2.75) is 25.4 Å². The molecular weight excluding hydrogens is 377 g/mol. The Hall–Kier alpha value is -0.000000000000000167. The van der Waals surface area contributed by atoms with Crippen molar-refractivity contribution in [1.82, 2.24) is 14.9 Å². The number of carbonyl (C=O) groups is 3. The summed E-state index contributed by atoms with van der Waals surface area (Å²) >= 11 is 2.06. The molecule has 2 unspecified atom stereocenters. The van der Waals surface area contributed by atoms with Gasteiger partial charge < -0.3 is 5.32 Å². The summed E-state index contributed by atoms with van der Waals surface area (Å²) in [6.07, 6.45) is 0.102. The van der Waals surface area contributed by atoms with E-state index in [1.165, 1.54) is 32.9 Å². The molecule has 1 fully saturated rings. The molecule has 6 nitrogen and oxygen atoms in total. The highest BCUT2D eigenvalue weighted by Crippen LogP contribution is 2.28. The number of likely N-dealkylation sites (N-methyl/N-ethyl adjacent to an activating group) is 1. The summed E-state index contributed by atoms with van der Waals surface area (Å²) in [5, 5.41) is 2.42. The smallest absolute Gasteiger partial charge is 0.248 e. The average Bonchev–Trinajstić information content (AvgIpc) is 2.60. The van der Waals surface area contributed by atoms with Gasteiger partial charge in [-0.05, 0) is 14.9 Å². The van der Waals surface area contributed by atoms with Gasteiger partial charge in [0, 0.05) is 39.2 Å². The van der Waals surface area contributed by atoms with E-state index in [9.17, 15) is 14.4 Å². The van der Waals surface area contributed by atoms with Gasteiger partial charge in [-0.3, -0.25) is 19.3 Å². The van der Waals surface area contributed by atoms with Gasteiger partial charge in [0.1, 0.15) is 12.1 Å². The second kappa shape index (κ2) is 6.81. The number of hydrogen-bond acceptors (Lipinski definition) is 6. The monoisotopic (exact) mass is 389 g/mol. The molecule has 2 atom stereocenters. The summed E-state index contributed by atoms with van der Waals surface area (Å²) in [5.74, 6) is -1.00. The van der Waals surface area contributed by atoms with E-state index in [1.807, 2.05) is 0 Å². The van der Waals surface area contributed by atoms with Gasteiger partial charge in [-0.2, -0.15) is 0 Å². The van der Waals surface area contributed by atoms with Crippen molar-refractivity contribution >= 4 is 57.9 Å².